The third kappa shape index (κ3) is 2.24. The topological polar surface area (TPSA) is 15.3 Å². The molecule has 1 unspecified atom stereocenters. The van der Waals surface area contributed by atoms with Crippen LogP contribution in [0.5, 0.6) is 0 Å². The first-order valence-electron chi connectivity index (χ1n) is 6.79. The van der Waals surface area contributed by atoms with Gasteiger partial charge in [0.2, 0.25) is 0 Å². The Labute approximate surface area is 115 Å². The van der Waals surface area contributed by atoms with E-state index in [1.165, 1.54) is 16.8 Å². The van der Waals surface area contributed by atoms with E-state index < -0.39 is 0 Å². The van der Waals surface area contributed by atoms with Crippen LogP contribution in [0.3, 0.4) is 0 Å². The number of rotatable bonds is 1. The van der Waals surface area contributed by atoms with Gasteiger partial charge in [-0.15, -0.1) is 0 Å². The van der Waals surface area contributed by atoms with E-state index >= 15 is 0 Å². The minimum atomic E-state index is -0.0188. The summed E-state index contributed by atoms with van der Waals surface area (Å²) in [6.45, 7) is 4.16. The molecule has 0 aliphatic carbocycles. The Morgan fingerprint density at radius 1 is 1.00 bits per heavy atom. The first kappa shape index (κ1) is 12.2. The van der Waals surface area contributed by atoms with Crippen molar-refractivity contribution in [2.45, 2.75) is 19.0 Å². The third-order valence-electron chi connectivity index (χ3n) is 4.04. The number of hydrogen-bond donors (Lipinski definition) is 1. The summed E-state index contributed by atoms with van der Waals surface area (Å²) < 4.78 is 0. The number of likely N-dealkylation sites (N-methyl/N-ethyl adjacent to an activating group) is 1. The average molecular weight is 252 g/mol. The molecule has 0 radical (unpaired) electrons. The minimum absolute atomic E-state index is 0.0188. The second kappa shape index (κ2) is 4.71. The first-order chi connectivity index (χ1) is 9.19. The molecule has 1 N–H and O–H groups in total. The molecule has 1 aliphatic heterocycles. The Morgan fingerprint density at radius 2 is 1.68 bits per heavy atom. The van der Waals surface area contributed by atoms with Gasteiger partial charge in [-0.3, -0.25) is 0 Å². The maximum atomic E-state index is 3.72. The van der Waals surface area contributed by atoms with E-state index in [1.54, 1.807) is 0 Å². The molecule has 2 nitrogen and oxygen atoms in total. The Hall–Kier alpha value is -1.80. The number of anilines is 1. The molecule has 0 bridgehead atoms. The van der Waals surface area contributed by atoms with Crippen molar-refractivity contribution < 1.29 is 0 Å². The van der Waals surface area contributed by atoms with E-state index in [9.17, 15) is 0 Å². The average Bonchev–Trinajstić information content (AvgIpc) is 2.59. The molecule has 3 rings (SSSR count). The van der Waals surface area contributed by atoms with Crippen LogP contribution >= 0.6 is 0 Å². The molecule has 98 valence electrons. The van der Waals surface area contributed by atoms with Crippen molar-refractivity contribution in [1.82, 2.24) is 5.32 Å². The lowest BCUT2D eigenvalue weighted by atomic mass is 9.91. The number of nitrogens with one attached hydrogen (secondary N) is 1. The number of hydrogen-bond acceptors (Lipinski definition) is 2. The second-order valence-corrected chi connectivity index (χ2v) is 5.54. The molecule has 1 aliphatic rings. The van der Waals surface area contributed by atoms with Gasteiger partial charge in [0.05, 0.1) is 5.54 Å². The molecular formula is C17H20N2. The molecule has 0 saturated heterocycles. The zero-order valence-corrected chi connectivity index (χ0v) is 11.6. The molecule has 0 spiro atoms. The van der Waals surface area contributed by atoms with E-state index in [1.807, 2.05) is 0 Å². The monoisotopic (exact) mass is 252 g/mol. The minimum Gasteiger partial charge on any atom is -0.372 e. The van der Waals surface area contributed by atoms with Crippen LogP contribution in [-0.2, 0) is 12.1 Å². The normalized spacial score (nSPS) is 22.7. The first-order valence-corrected chi connectivity index (χ1v) is 6.79. The molecule has 0 aromatic heterocycles. The summed E-state index contributed by atoms with van der Waals surface area (Å²) in [5, 5.41) is 3.72. The third-order valence-corrected chi connectivity index (χ3v) is 4.04. The fourth-order valence-corrected chi connectivity index (χ4v) is 2.94. The Bertz CT molecular complexity index is 564. The summed E-state index contributed by atoms with van der Waals surface area (Å²) in [4.78, 5) is 2.35. The fourth-order valence-electron chi connectivity index (χ4n) is 2.94. The van der Waals surface area contributed by atoms with Crippen molar-refractivity contribution in [2.75, 3.05) is 18.5 Å². The highest BCUT2D eigenvalue weighted by atomic mass is 15.2. The van der Waals surface area contributed by atoms with Gasteiger partial charge in [0, 0.05) is 25.8 Å². The molecule has 1 heterocycles. The zero-order chi connectivity index (χ0) is 13.3. The second-order valence-electron chi connectivity index (χ2n) is 5.54. The van der Waals surface area contributed by atoms with Gasteiger partial charge < -0.3 is 10.2 Å². The molecule has 0 fully saturated rings. The molecule has 2 aromatic rings. The molecule has 2 heteroatoms. The highest BCUT2D eigenvalue weighted by Crippen LogP contribution is 2.30. The van der Waals surface area contributed by atoms with Crippen molar-refractivity contribution in [3.05, 3.63) is 65.7 Å². The van der Waals surface area contributed by atoms with Gasteiger partial charge in [0.15, 0.2) is 0 Å². The van der Waals surface area contributed by atoms with Crippen molar-refractivity contribution in [1.29, 1.82) is 0 Å². The van der Waals surface area contributed by atoms with Crippen LogP contribution in [0.2, 0.25) is 0 Å². The molecule has 0 amide bonds. The number of nitrogens with zero attached hydrogens (tertiary/aromatic N) is 1. The van der Waals surface area contributed by atoms with Crippen LogP contribution in [0.1, 0.15) is 18.1 Å². The van der Waals surface area contributed by atoms with E-state index in [0.29, 0.717) is 0 Å². The van der Waals surface area contributed by atoms with Crippen molar-refractivity contribution in [3.63, 3.8) is 0 Å². The largest absolute Gasteiger partial charge is 0.372 e. The van der Waals surface area contributed by atoms with E-state index in [-0.39, 0.29) is 5.54 Å². The van der Waals surface area contributed by atoms with Gasteiger partial charge in [-0.1, -0.05) is 48.5 Å². The Balaban J connectivity index is 1.97. The summed E-state index contributed by atoms with van der Waals surface area (Å²) in [6.07, 6.45) is 0. The number of fused-ring (bicyclic) bond motifs is 1. The maximum absolute atomic E-state index is 3.72. The highest BCUT2D eigenvalue weighted by molar-refractivity contribution is 5.54. The predicted octanol–water partition coefficient (Wildman–Crippen LogP) is 3.14. The van der Waals surface area contributed by atoms with Crippen LogP contribution in [0.25, 0.3) is 0 Å². The summed E-state index contributed by atoms with van der Waals surface area (Å²) >= 11 is 0. The van der Waals surface area contributed by atoms with E-state index in [4.69, 9.17) is 0 Å². The van der Waals surface area contributed by atoms with Gasteiger partial charge in [-0.2, -0.15) is 0 Å². The lowest BCUT2D eigenvalue weighted by molar-refractivity contribution is 0.378. The summed E-state index contributed by atoms with van der Waals surface area (Å²) in [6, 6.07) is 19.3. The highest BCUT2D eigenvalue weighted by Gasteiger charge is 2.30. The lowest BCUT2D eigenvalue weighted by Gasteiger charge is -2.33. The Kier molecular flexibility index (Phi) is 3.03. The number of para-hydroxylation sites is 1. The van der Waals surface area contributed by atoms with E-state index in [0.717, 1.165) is 13.1 Å². The maximum Gasteiger partial charge on any atom is 0.0586 e. The standard InChI is InChI=1S/C17H20N2/c1-17(15-9-4-3-5-10-15)13-19(2)16-11-7-6-8-14(16)12-18-17/h3-11,18H,12-13H2,1-2H3. The van der Waals surface area contributed by atoms with Crippen LogP contribution in [0, 0.1) is 0 Å². The van der Waals surface area contributed by atoms with Crippen LogP contribution in [0.4, 0.5) is 5.69 Å². The summed E-state index contributed by atoms with van der Waals surface area (Å²) in [7, 11) is 2.17. The summed E-state index contributed by atoms with van der Waals surface area (Å²) in [5.41, 5.74) is 4.02. The molecule has 2 aromatic carbocycles. The Morgan fingerprint density at radius 3 is 2.47 bits per heavy atom. The molecule has 19 heavy (non-hydrogen) atoms. The molecular weight excluding hydrogens is 232 g/mol. The molecule has 0 saturated carbocycles. The van der Waals surface area contributed by atoms with Crippen molar-refractivity contribution in [3.8, 4) is 0 Å². The predicted molar refractivity (Wildman–Crippen MR) is 80.3 cm³/mol. The van der Waals surface area contributed by atoms with Gasteiger partial charge in [-0.05, 0) is 24.1 Å². The van der Waals surface area contributed by atoms with Gasteiger partial charge in [-0.25, -0.2) is 0 Å². The zero-order valence-electron chi connectivity index (χ0n) is 11.6. The van der Waals surface area contributed by atoms with Crippen LogP contribution < -0.4 is 10.2 Å². The van der Waals surface area contributed by atoms with Crippen LogP contribution in [0.15, 0.2) is 54.6 Å². The SMILES string of the molecule is CN1CC(C)(c2ccccc2)NCc2ccccc21. The van der Waals surface area contributed by atoms with Crippen LogP contribution in [-0.4, -0.2) is 13.6 Å². The molecule has 1 atom stereocenters. The van der Waals surface area contributed by atoms with E-state index in [2.05, 4.69) is 78.8 Å². The van der Waals surface area contributed by atoms with Crippen molar-refractivity contribution in [2.24, 2.45) is 0 Å². The number of benzene rings is 2. The lowest BCUT2D eigenvalue weighted by Crippen LogP contribution is -2.45. The van der Waals surface area contributed by atoms with Gasteiger partial charge in [0.1, 0.15) is 0 Å². The van der Waals surface area contributed by atoms with Gasteiger partial charge >= 0.3 is 0 Å². The smallest absolute Gasteiger partial charge is 0.0586 e. The summed E-state index contributed by atoms with van der Waals surface area (Å²) in [5.74, 6) is 0. The van der Waals surface area contributed by atoms with Crippen molar-refractivity contribution >= 4 is 5.69 Å². The van der Waals surface area contributed by atoms with Gasteiger partial charge in [0.25, 0.3) is 0 Å². The fraction of sp³-hybridized carbons (Fsp3) is 0.294. The quantitative estimate of drug-likeness (QED) is 0.839.